The number of amides is 1. The van der Waals surface area contributed by atoms with Gasteiger partial charge >= 0.3 is 5.97 Å². The Balaban J connectivity index is 2.24. The first-order chi connectivity index (χ1) is 11.4. The van der Waals surface area contributed by atoms with Crippen molar-refractivity contribution in [1.29, 1.82) is 0 Å². The van der Waals surface area contributed by atoms with Crippen molar-refractivity contribution in [2.75, 3.05) is 26.7 Å². The van der Waals surface area contributed by atoms with Crippen molar-refractivity contribution < 1.29 is 22.7 Å². The number of nitrogens with one attached hydrogen (secondary N) is 1. The average Bonchev–Trinajstić information content (AvgIpc) is 2.60. The Kier molecular flexibility index (Phi) is 6.20. The quantitative estimate of drug-likeness (QED) is 0.787. The summed E-state index contributed by atoms with van der Waals surface area (Å²) in [6, 6.07) is 4.01. The predicted octanol–water partition coefficient (Wildman–Crippen LogP) is 1.42. The molecule has 1 N–H and O–H groups in total. The summed E-state index contributed by atoms with van der Waals surface area (Å²) in [5, 5.41) is 2.42. The molecule has 1 heterocycles. The fraction of sp³-hybridized carbons (Fsp3) is 0.467. The van der Waals surface area contributed by atoms with Crippen LogP contribution in [0.4, 0.5) is 0 Å². The number of ether oxygens (including phenoxy) is 1. The number of piperidine rings is 1. The molecule has 0 bridgehead atoms. The summed E-state index contributed by atoms with van der Waals surface area (Å²) < 4.78 is 31.3. The lowest BCUT2D eigenvalue weighted by Crippen LogP contribution is -2.36. The number of methoxy groups -OCH3 is 1. The van der Waals surface area contributed by atoms with Crippen LogP contribution in [0.1, 0.15) is 29.6 Å². The molecule has 0 radical (unpaired) electrons. The number of nitrogens with zero attached hydrogens (tertiary/aromatic N) is 1. The number of halogens is 1. The first kappa shape index (κ1) is 18.7. The highest BCUT2D eigenvalue weighted by molar-refractivity contribution is 7.89. The summed E-state index contributed by atoms with van der Waals surface area (Å²) >= 11 is 6.04. The molecule has 1 aliphatic rings. The molecule has 9 heteroatoms. The Bertz CT molecular complexity index is 729. The number of hydrogen-bond acceptors (Lipinski definition) is 5. The molecule has 1 fully saturated rings. The second kappa shape index (κ2) is 7.96. The fourth-order valence-electron chi connectivity index (χ4n) is 2.41. The zero-order chi connectivity index (χ0) is 17.7. The van der Waals surface area contributed by atoms with E-state index in [0.717, 1.165) is 19.3 Å². The molecular weight excluding hydrogens is 356 g/mol. The molecule has 1 amide bonds. The molecule has 0 aliphatic carbocycles. The van der Waals surface area contributed by atoms with Gasteiger partial charge in [0.2, 0.25) is 10.0 Å². The molecule has 132 valence electrons. The van der Waals surface area contributed by atoms with Crippen LogP contribution in [0.2, 0.25) is 5.02 Å². The van der Waals surface area contributed by atoms with Gasteiger partial charge in [-0.2, -0.15) is 4.31 Å². The van der Waals surface area contributed by atoms with Crippen LogP contribution in [0.3, 0.4) is 0 Å². The molecule has 7 nitrogen and oxygen atoms in total. The summed E-state index contributed by atoms with van der Waals surface area (Å²) in [6.07, 6.45) is 2.60. The lowest BCUT2D eigenvalue weighted by Gasteiger charge is -2.26. The van der Waals surface area contributed by atoms with Crippen molar-refractivity contribution in [3.8, 4) is 0 Å². The monoisotopic (exact) mass is 374 g/mol. The smallest absolute Gasteiger partial charge is 0.325 e. The number of esters is 1. The third kappa shape index (κ3) is 4.25. The van der Waals surface area contributed by atoms with Crippen LogP contribution in [-0.4, -0.2) is 51.3 Å². The molecule has 1 saturated heterocycles. The van der Waals surface area contributed by atoms with E-state index >= 15 is 0 Å². The summed E-state index contributed by atoms with van der Waals surface area (Å²) in [5.74, 6) is -1.18. The minimum absolute atomic E-state index is 0.0603. The summed E-state index contributed by atoms with van der Waals surface area (Å²) in [6.45, 7) is 0.584. The minimum atomic E-state index is -3.75. The van der Waals surface area contributed by atoms with E-state index in [1.807, 2.05) is 0 Å². The second-order valence-electron chi connectivity index (χ2n) is 5.37. The number of rotatable bonds is 5. The van der Waals surface area contributed by atoms with E-state index in [0.29, 0.717) is 13.1 Å². The van der Waals surface area contributed by atoms with Crippen molar-refractivity contribution in [2.45, 2.75) is 24.2 Å². The Labute approximate surface area is 146 Å². The van der Waals surface area contributed by atoms with Gasteiger partial charge in [-0.15, -0.1) is 0 Å². The highest BCUT2D eigenvalue weighted by Crippen LogP contribution is 2.27. The van der Waals surface area contributed by atoms with Crippen molar-refractivity contribution in [3.63, 3.8) is 0 Å². The number of sulfonamides is 1. The van der Waals surface area contributed by atoms with Crippen LogP contribution in [0.15, 0.2) is 23.1 Å². The molecule has 0 saturated carbocycles. The largest absolute Gasteiger partial charge is 0.468 e. The van der Waals surface area contributed by atoms with Gasteiger partial charge in [-0.05, 0) is 31.0 Å². The first-order valence-corrected chi connectivity index (χ1v) is 9.33. The molecular formula is C15H19ClN2O5S. The number of carbonyl (C=O) groups excluding carboxylic acids is 2. The molecule has 2 rings (SSSR count). The Morgan fingerprint density at radius 2 is 1.92 bits per heavy atom. The zero-order valence-corrected chi connectivity index (χ0v) is 14.8. The third-order valence-electron chi connectivity index (χ3n) is 3.75. The van der Waals surface area contributed by atoms with Gasteiger partial charge in [-0.3, -0.25) is 9.59 Å². The average molecular weight is 375 g/mol. The number of hydrogen-bond donors (Lipinski definition) is 1. The van der Waals surface area contributed by atoms with E-state index < -0.39 is 21.9 Å². The standard InChI is InChI=1S/C15H19ClN2O5S/c1-23-14(19)10-17-15(20)11-5-6-12(16)13(9-11)24(21,22)18-7-3-2-4-8-18/h5-6,9H,2-4,7-8,10H2,1H3,(H,17,20). The van der Waals surface area contributed by atoms with Crippen molar-refractivity contribution in [2.24, 2.45) is 0 Å². The third-order valence-corrected chi connectivity index (χ3v) is 6.13. The lowest BCUT2D eigenvalue weighted by molar-refractivity contribution is -0.139. The van der Waals surface area contributed by atoms with E-state index in [1.165, 1.54) is 29.6 Å². The molecule has 0 atom stereocenters. The van der Waals surface area contributed by atoms with Gasteiger partial charge in [0.05, 0.1) is 12.1 Å². The van der Waals surface area contributed by atoms with Crippen molar-refractivity contribution >= 4 is 33.5 Å². The topological polar surface area (TPSA) is 92.8 Å². The summed E-state index contributed by atoms with van der Waals surface area (Å²) in [7, 11) is -2.55. The molecule has 1 aromatic carbocycles. The van der Waals surface area contributed by atoms with E-state index in [-0.39, 0.29) is 22.0 Å². The van der Waals surface area contributed by atoms with Crippen LogP contribution in [0, 0.1) is 0 Å². The highest BCUT2D eigenvalue weighted by atomic mass is 35.5. The predicted molar refractivity (Wildman–Crippen MR) is 88.4 cm³/mol. The van der Waals surface area contributed by atoms with Gasteiger partial charge < -0.3 is 10.1 Å². The van der Waals surface area contributed by atoms with Crippen LogP contribution in [-0.2, 0) is 19.6 Å². The first-order valence-electron chi connectivity index (χ1n) is 7.51. The summed E-state index contributed by atoms with van der Waals surface area (Å²) in [4.78, 5) is 23.0. The van der Waals surface area contributed by atoms with Gasteiger partial charge in [0.1, 0.15) is 11.4 Å². The van der Waals surface area contributed by atoms with Gasteiger partial charge in [0.25, 0.3) is 5.91 Å². The van der Waals surface area contributed by atoms with E-state index in [2.05, 4.69) is 10.1 Å². The molecule has 24 heavy (non-hydrogen) atoms. The van der Waals surface area contributed by atoms with Crippen LogP contribution in [0.25, 0.3) is 0 Å². The minimum Gasteiger partial charge on any atom is -0.468 e. The second-order valence-corrected chi connectivity index (χ2v) is 7.68. The Morgan fingerprint density at radius 1 is 1.25 bits per heavy atom. The maximum Gasteiger partial charge on any atom is 0.325 e. The van der Waals surface area contributed by atoms with Gasteiger partial charge in [-0.1, -0.05) is 18.0 Å². The van der Waals surface area contributed by atoms with Crippen LogP contribution in [0.5, 0.6) is 0 Å². The van der Waals surface area contributed by atoms with Crippen molar-refractivity contribution in [1.82, 2.24) is 9.62 Å². The number of benzene rings is 1. The maximum atomic E-state index is 12.7. The highest BCUT2D eigenvalue weighted by Gasteiger charge is 2.28. The molecule has 0 spiro atoms. The fourth-order valence-corrected chi connectivity index (χ4v) is 4.43. The van der Waals surface area contributed by atoms with Crippen LogP contribution >= 0.6 is 11.6 Å². The van der Waals surface area contributed by atoms with E-state index in [4.69, 9.17) is 11.6 Å². The SMILES string of the molecule is COC(=O)CNC(=O)c1ccc(Cl)c(S(=O)(=O)N2CCCCC2)c1. The molecule has 0 unspecified atom stereocenters. The van der Waals surface area contributed by atoms with Crippen LogP contribution < -0.4 is 5.32 Å². The summed E-state index contributed by atoms with van der Waals surface area (Å²) in [5.41, 5.74) is 0.110. The van der Waals surface area contributed by atoms with Gasteiger partial charge in [0, 0.05) is 18.7 Å². The maximum absolute atomic E-state index is 12.7. The Morgan fingerprint density at radius 3 is 2.54 bits per heavy atom. The molecule has 1 aromatic rings. The van der Waals surface area contributed by atoms with E-state index in [1.54, 1.807) is 0 Å². The molecule has 1 aliphatic heterocycles. The number of carbonyl (C=O) groups is 2. The van der Waals surface area contributed by atoms with E-state index in [9.17, 15) is 18.0 Å². The normalized spacial score (nSPS) is 15.8. The van der Waals surface area contributed by atoms with Gasteiger partial charge in [-0.25, -0.2) is 8.42 Å². The zero-order valence-electron chi connectivity index (χ0n) is 13.2. The Hall–Kier alpha value is -1.64. The van der Waals surface area contributed by atoms with Crippen molar-refractivity contribution in [3.05, 3.63) is 28.8 Å². The van der Waals surface area contributed by atoms with Gasteiger partial charge in [0.15, 0.2) is 0 Å². The lowest BCUT2D eigenvalue weighted by atomic mass is 10.2. The molecule has 0 aromatic heterocycles.